The van der Waals surface area contributed by atoms with Crippen LogP contribution in [0.25, 0.3) is 11.0 Å². The van der Waals surface area contributed by atoms with Crippen LogP contribution in [0.4, 0.5) is 13.2 Å². The van der Waals surface area contributed by atoms with Gasteiger partial charge in [-0.25, -0.2) is 4.98 Å². The van der Waals surface area contributed by atoms with Crippen molar-refractivity contribution in [3.05, 3.63) is 83.2 Å². The average molecular weight is 609 g/mol. The molecule has 6 rings (SSSR count). The van der Waals surface area contributed by atoms with Crippen LogP contribution in [-0.2, 0) is 23.8 Å². The lowest BCUT2D eigenvalue weighted by Gasteiger charge is -2.35. The Balaban J connectivity index is 1.15. The van der Waals surface area contributed by atoms with E-state index in [4.69, 9.17) is 14.6 Å². The Bertz CT molecular complexity index is 1630. The minimum absolute atomic E-state index is 0.0476. The molecule has 0 bridgehead atoms. The number of carbonyl (C=O) groups is 1. The number of pyridine rings is 1. The topological polar surface area (TPSA) is 90.9 Å². The molecule has 11 heteroatoms. The first kappa shape index (κ1) is 30.0. The van der Waals surface area contributed by atoms with Crippen molar-refractivity contribution in [1.29, 1.82) is 0 Å². The molecule has 2 aromatic carbocycles. The van der Waals surface area contributed by atoms with Crippen LogP contribution in [0, 0.1) is 0 Å². The maximum Gasteiger partial charge on any atom is 0.419 e. The molecule has 2 aromatic heterocycles. The van der Waals surface area contributed by atoms with Crippen LogP contribution in [0.3, 0.4) is 0 Å². The van der Waals surface area contributed by atoms with Gasteiger partial charge in [-0.1, -0.05) is 12.1 Å². The standard InChI is InChI=1S/C33H35F3N4O4/c1-21-27-20-25(44-29-7-12-38-32-26(29)6-11-37-32)4-3-23(27)8-15-40(21)31(42)19-22-2-5-30(28(18-22)33(34,35)36)43-24-9-13-39(14-10-24)16-17-41/h2-7,11-12,18,20-21,24,41H,8-10,13-17,19H2,1H3,(H,37,38)/t21-/m0/s1. The van der Waals surface area contributed by atoms with Crippen molar-refractivity contribution < 1.29 is 32.5 Å². The summed E-state index contributed by atoms with van der Waals surface area (Å²) in [5.74, 6) is 0.833. The van der Waals surface area contributed by atoms with E-state index in [2.05, 4.69) is 14.9 Å². The van der Waals surface area contributed by atoms with E-state index in [0.717, 1.165) is 28.2 Å². The Hall–Kier alpha value is -4.09. The molecule has 8 nitrogen and oxygen atoms in total. The van der Waals surface area contributed by atoms with E-state index >= 15 is 0 Å². The number of ether oxygens (including phenoxy) is 2. The molecule has 232 valence electrons. The van der Waals surface area contributed by atoms with Crippen LogP contribution in [0.1, 0.15) is 48.1 Å². The number of aromatic nitrogens is 2. The fourth-order valence-electron chi connectivity index (χ4n) is 6.21. The number of amides is 1. The van der Waals surface area contributed by atoms with Crippen LogP contribution >= 0.6 is 0 Å². The monoisotopic (exact) mass is 608 g/mol. The SMILES string of the molecule is C[C@H]1c2cc(Oc3ccnc4[nH]ccc34)ccc2CCN1C(=O)Cc1ccc(OC2CCN(CCO)CC2)c(C(F)(F)F)c1. The second kappa shape index (κ2) is 12.5. The summed E-state index contributed by atoms with van der Waals surface area (Å²) >= 11 is 0. The lowest BCUT2D eigenvalue weighted by atomic mass is 9.92. The molecule has 0 aliphatic carbocycles. The molecule has 1 saturated heterocycles. The largest absolute Gasteiger partial charge is 0.490 e. The van der Waals surface area contributed by atoms with Crippen molar-refractivity contribution in [2.24, 2.45) is 0 Å². The van der Waals surface area contributed by atoms with Gasteiger partial charge in [-0.15, -0.1) is 0 Å². The zero-order valence-electron chi connectivity index (χ0n) is 24.4. The molecule has 0 radical (unpaired) electrons. The summed E-state index contributed by atoms with van der Waals surface area (Å²) in [6.07, 6.45) is 0.153. The van der Waals surface area contributed by atoms with Gasteiger partial charge in [0.25, 0.3) is 0 Å². The first-order valence-corrected chi connectivity index (χ1v) is 14.9. The number of aromatic amines is 1. The molecular formula is C33H35F3N4O4. The first-order valence-electron chi connectivity index (χ1n) is 14.9. The summed E-state index contributed by atoms with van der Waals surface area (Å²) in [7, 11) is 0. The first-order chi connectivity index (χ1) is 21.2. The Morgan fingerprint density at radius 1 is 1.07 bits per heavy atom. The molecule has 2 aliphatic rings. The molecule has 44 heavy (non-hydrogen) atoms. The minimum Gasteiger partial charge on any atom is -0.490 e. The van der Waals surface area contributed by atoms with Crippen molar-refractivity contribution in [3.8, 4) is 17.2 Å². The number of hydrogen-bond acceptors (Lipinski definition) is 6. The molecule has 4 heterocycles. The Morgan fingerprint density at radius 3 is 2.66 bits per heavy atom. The van der Waals surface area contributed by atoms with Gasteiger partial charge in [0.1, 0.15) is 29.0 Å². The molecule has 2 N–H and O–H groups in total. The van der Waals surface area contributed by atoms with Crippen molar-refractivity contribution in [2.45, 2.75) is 50.9 Å². The maximum absolute atomic E-state index is 14.1. The number of benzene rings is 2. The molecule has 1 atom stereocenters. The van der Waals surface area contributed by atoms with Gasteiger partial charge in [0, 0.05) is 38.6 Å². The summed E-state index contributed by atoms with van der Waals surface area (Å²) in [5, 5.41) is 9.98. The van der Waals surface area contributed by atoms with E-state index in [-0.39, 0.29) is 42.4 Å². The van der Waals surface area contributed by atoms with E-state index in [9.17, 15) is 18.0 Å². The maximum atomic E-state index is 14.1. The fraction of sp³-hybridized carbons (Fsp3) is 0.394. The van der Waals surface area contributed by atoms with Gasteiger partial charge in [-0.2, -0.15) is 13.2 Å². The zero-order chi connectivity index (χ0) is 30.8. The van der Waals surface area contributed by atoms with Crippen molar-refractivity contribution in [3.63, 3.8) is 0 Å². The highest BCUT2D eigenvalue weighted by atomic mass is 19.4. The van der Waals surface area contributed by atoms with Gasteiger partial charge >= 0.3 is 6.18 Å². The van der Waals surface area contributed by atoms with Gasteiger partial charge in [-0.05, 0) is 79.3 Å². The van der Waals surface area contributed by atoms with Crippen LogP contribution in [0.15, 0.2) is 60.9 Å². The van der Waals surface area contributed by atoms with Crippen LogP contribution in [-0.4, -0.2) is 69.7 Å². The third kappa shape index (κ3) is 6.39. The highest BCUT2D eigenvalue weighted by Gasteiger charge is 2.36. The number of carbonyl (C=O) groups excluding carboxylic acids is 1. The number of rotatable bonds is 8. The van der Waals surface area contributed by atoms with E-state index in [1.807, 2.05) is 31.2 Å². The molecule has 1 amide bonds. The number of fused-ring (bicyclic) bond motifs is 2. The second-order valence-electron chi connectivity index (χ2n) is 11.4. The zero-order valence-corrected chi connectivity index (χ0v) is 24.4. The number of likely N-dealkylation sites (tertiary alicyclic amines) is 1. The summed E-state index contributed by atoms with van der Waals surface area (Å²) in [6.45, 7) is 4.31. The summed E-state index contributed by atoms with van der Waals surface area (Å²) in [4.78, 5) is 24.6. The molecule has 2 aliphatic heterocycles. The quantitative estimate of drug-likeness (QED) is 0.259. The number of nitrogens with one attached hydrogen (secondary N) is 1. The minimum atomic E-state index is -4.62. The normalized spacial score (nSPS) is 17.9. The number of H-pyrrole nitrogens is 1. The van der Waals surface area contributed by atoms with E-state index in [1.54, 1.807) is 29.4 Å². The highest BCUT2D eigenvalue weighted by molar-refractivity contribution is 5.82. The van der Waals surface area contributed by atoms with E-state index in [1.165, 1.54) is 6.07 Å². The lowest BCUT2D eigenvalue weighted by Crippen LogP contribution is -2.40. The highest BCUT2D eigenvalue weighted by Crippen LogP contribution is 2.39. The Labute approximate surface area is 253 Å². The third-order valence-corrected chi connectivity index (χ3v) is 8.57. The number of halogens is 3. The smallest absolute Gasteiger partial charge is 0.419 e. The Kier molecular flexibility index (Phi) is 8.50. The van der Waals surface area contributed by atoms with Crippen LogP contribution in [0.5, 0.6) is 17.2 Å². The predicted octanol–water partition coefficient (Wildman–Crippen LogP) is 5.90. The molecule has 4 aromatic rings. The Morgan fingerprint density at radius 2 is 1.89 bits per heavy atom. The molecule has 1 fully saturated rings. The van der Waals surface area contributed by atoms with Gasteiger partial charge < -0.3 is 29.4 Å². The van der Waals surface area contributed by atoms with Crippen molar-refractivity contribution >= 4 is 16.9 Å². The van der Waals surface area contributed by atoms with Gasteiger partial charge in [0.05, 0.1) is 30.0 Å². The van der Waals surface area contributed by atoms with Crippen LogP contribution in [0.2, 0.25) is 0 Å². The third-order valence-electron chi connectivity index (χ3n) is 8.57. The fourth-order valence-corrected chi connectivity index (χ4v) is 6.21. The lowest BCUT2D eigenvalue weighted by molar-refractivity contribution is -0.139. The number of aliphatic hydroxyl groups is 1. The van der Waals surface area contributed by atoms with Gasteiger partial charge in [0.15, 0.2) is 0 Å². The van der Waals surface area contributed by atoms with Crippen molar-refractivity contribution in [2.75, 3.05) is 32.8 Å². The second-order valence-corrected chi connectivity index (χ2v) is 11.4. The van der Waals surface area contributed by atoms with Crippen LogP contribution < -0.4 is 9.47 Å². The van der Waals surface area contributed by atoms with E-state index in [0.29, 0.717) is 56.9 Å². The molecular weight excluding hydrogens is 573 g/mol. The van der Waals surface area contributed by atoms with Gasteiger partial charge in [0.2, 0.25) is 5.91 Å². The van der Waals surface area contributed by atoms with E-state index < -0.39 is 11.7 Å². The van der Waals surface area contributed by atoms with Gasteiger partial charge in [-0.3, -0.25) is 4.79 Å². The number of β-amino-alcohol motifs (C(OH)–C–C–N with tert-alkyl or cyclic N) is 1. The number of piperidine rings is 1. The molecule has 0 unspecified atom stereocenters. The molecule has 0 saturated carbocycles. The number of nitrogens with zero attached hydrogens (tertiary/aromatic N) is 3. The average Bonchev–Trinajstić information content (AvgIpc) is 3.49. The summed E-state index contributed by atoms with van der Waals surface area (Å²) in [6, 6.07) is 13.2. The summed E-state index contributed by atoms with van der Waals surface area (Å²) < 4.78 is 54.3. The van der Waals surface area contributed by atoms with Crippen molar-refractivity contribution in [1.82, 2.24) is 19.8 Å². The summed E-state index contributed by atoms with van der Waals surface area (Å²) in [5.41, 5.74) is 2.20. The number of hydrogen-bond donors (Lipinski definition) is 2. The number of alkyl halides is 3. The number of aliphatic hydroxyl groups excluding tert-OH is 1. The molecule has 0 spiro atoms. The predicted molar refractivity (Wildman–Crippen MR) is 159 cm³/mol.